The predicted octanol–water partition coefficient (Wildman–Crippen LogP) is 4.73. The number of hydrogen-bond donors (Lipinski definition) is 0. The molecule has 0 bridgehead atoms. The Hall–Kier alpha value is -2.14. The molecule has 0 fully saturated rings. The Labute approximate surface area is 147 Å². The topological polar surface area (TPSA) is 38.9 Å². The average Bonchev–Trinajstić information content (AvgIpc) is 3.00. The van der Waals surface area contributed by atoms with Gasteiger partial charge in [-0.15, -0.1) is 11.3 Å². The smallest absolute Gasteiger partial charge is 0.206 e. The Bertz CT molecular complexity index is 776. The second-order valence-electron chi connectivity index (χ2n) is 5.59. The number of hydrogen-bond acceptors (Lipinski definition) is 4. The van der Waals surface area contributed by atoms with Crippen molar-refractivity contribution in [2.24, 2.45) is 10.1 Å². The van der Waals surface area contributed by atoms with Gasteiger partial charge in [0.1, 0.15) is 5.75 Å². The molecule has 4 nitrogen and oxygen atoms in total. The lowest BCUT2D eigenvalue weighted by molar-refractivity contribution is 0.415. The summed E-state index contributed by atoms with van der Waals surface area (Å²) in [6.45, 7) is 10.8. The zero-order valence-corrected chi connectivity index (χ0v) is 15.7. The highest BCUT2D eigenvalue weighted by Gasteiger charge is 2.09. The van der Waals surface area contributed by atoms with Gasteiger partial charge in [-0.1, -0.05) is 26.0 Å². The molecule has 1 aromatic heterocycles. The van der Waals surface area contributed by atoms with E-state index in [0.29, 0.717) is 6.54 Å². The first kappa shape index (κ1) is 18.2. The van der Waals surface area contributed by atoms with E-state index in [2.05, 4.69) is 30.8 Å². The molecule has 2 aromatic rings. The zero-order valence-electron chi connectivity index (χ0n) is 14.9. The Balaban J connectivity index is 2.56. The van der Waals surface area contributed by atoms with E-state index in [-0.39, 0.29) is 0 Å². The van der Waals surface area contributed by atoms with Gasteiger partial charge in [-0.25, -0.2) is 4.68 Å². The SMILES string of the molecule is C=C(C)CN=c1scc(-c2ccc(OC)cc2)n1N=C(CC)CC. The largest absolute Gasteiger partial charge is 0.497 e. The van der Waals surface area contributed by atoms with E-state index in [0.717, 1.165) is 45.9 Å². The van der Waals surface area contributed by atoms with Crippen LogP contribution in [0.2, 0.25) is 0 Å². The van der Waals surface area contributed by atoms with Gasteiger partial charge in [0.2, 0.25) is 4.80 Å². The highest BCUT2D eigenvalue weighted by Crippen LogP contribution is 2.23. The lowest BCUT2D eigenvalue weighted by Gasteiger charge is -2.07. The van der Waals surface area contributed by atoms with E-state index in [9.17, 15) is 0 Å². The number of thiazole rings is 1. The molecule has 24 heavy (non-hydrogen) atoms. The third-order valence-electron chi connectivity index (χ3n) is 3.61. The molecule has 0 amide bonds. The Morgan fingerprint density at radius 3 is 2.42 bits per heavy atom. The van der Waals surface area contributed by atoms with Crippen molar-refractivity contribution in [1.29, 1.82) is 0 Å². The van der Waals surface area contributed by atoms with E-state index in [1.807, 2.05) is 35.9 Å². The van der Waals surface area contributed by atoms with Gasteiger partial charge < -0.3 is 4.74 Å². The molecule has 0 radical (unpaired) electrons. The number of ether oxygens (including phenoxy) is 1. The Kier molecular flexibility index (Phi) is 6.55. The molecular weight excluding hydrogens is 318 g/mol. The summed E-state index contributed by atoms with van der Waals surface area (Å²) in [5.41, 5.74) is 4.33. The summed E-state index contributed by atoms with van der Waals surface area (Å²) in [4.78, 5) is 5.55. The third-order valence-corrected chi connectivity index (χ3v) is 4.47. The maximum atomic E-state index is 5.24. The fraction of sp³-hybridized carbons (Fsp3) is 0.368. The first-order chi connectivity index (χ1) is 11.6. The molecule has 0 aliphatic heterocycles. The minimum Gasteiger partial charge on any atom is -0.497 e. The molecule has 0 N–H and O–H groups in total. The molecule has 5 heteroatoms. The monoisotopic (exact) mass is 343 g/mol. The molecule has 0 atom stereocenters. The van der Waals surface area contributed by atoms with Crippen LogP contribution in [0.15, 0.2) is 51.9 Å². The summed E-state index contributed by atoms with van der Waals surface area (Å²) < 4.78 is 7.20. The number of aromatic nitrogens is 1. The van der Waals surface area contributed by atoms with Crippen molar-refractivity contribution >= 4 is 17.0 Å². The molecule has 0 saturated carbocycles. The minimum absolute atomic E-state index is 0.617. The molecule has 1 aromatic carbocycles. The highest BCUT2D eigenvalue weighted by atomic mass is 32.1. The average molecular weight is 343 g/mol. The normalized spacial score (nSPS) is 11.4. The maximum absolute atomic E-state index is 5.24. The van der Waals surface area contributed by atoms with Crippen LogP contribution in [0.4, 0.5) is 0 Å². The summed E-state index contributed by atoms with van der Waals surface area (Å²) in [6, 6.07) is 8.03. The molecule has 0 spiro atoms. The molecule has 0 aliphatic carbocycles. The summed E-state index contributed by atoms with van der Waals surface area (Å²) in [7, 11) is 1.67. The van der Waals surface area contributed by atoms with Crippen molar-refractivity contribution in [3.63, 3.8) is 0 Å². The first-order valence-electron chi connectivity index (χ1n) is 8.15. The quantitative estimate of drug-likeness (QED) is 0.529. The van der Waals surface area contributed by atoms with Crippen LogP contribution in [0.3, 0.4) is 0 Å². The number of methoxy groups -OCH3 is 1. The summed E-state index contributed by atoms with van der Waals surface area (Å²) in [5.74, 6) is 0.846. The Morgan fingerprint density at radius 2 is 1.88 bits per heavy atom. The van der Waals surface area contributed by atoms with Crippen LogP contribution in [-0.4, -0.2) is 24.0 Å². The highest BCUT2D eigenvalue weighted by molar-refractivity contribution is 7.07. The van der Waals surface area contributed by atoms with E-state index in [4.69, 9.17) is 9.84 Å². The summed E-state index contributed by atoms with van der Waals surface area (Å²) in [5, 5.41) is 6.94. The van der Waals surface area contributed by atoms with Crippen LogP contribution in [0.25, 0.3) is 11.3 Å². The number of benzene rings is 1. The van der Waals surface area contributed by atoms with Crippen molar-refractivity contribution in [3.05, 3.63) is 46.6 Å². The number of nitrogens with zero attached hydrogens (tertiary/aromatic N) is 3. The lowest BCUT2D eigenvalue weighted by atomic mass is 10.2. The standard InChI is InChI=1S/C19H25N3OS/c1-6-16(7-2)21-22-18(13-24-19(22)20-12-14(3)4)15-8-10-17(23-5)11-9-15/h8-11,13H,3,6-7,12H2,1-2,4-5H3. The van der Waals surface area contributed by atoms with E-state index < -0.39 is 0 Å². The van der Waals surface area contributed by atoms with Gasteiger partial charge in [0.15, 0.2) is 0 Å². The van der Waals surface area contributed by atoms with Crippen molar-refractivity contribution in [1.82, 2.24) is 4.68 Å². The van der Waals surface area contributed by atoms with Crippen LogP contribution in [0.5, 0.6) is 5.75 Å². The fourth-order valence-electron chi connectivity index (χ4n) is 2.20. The summed E-state index contributed by atoms with van der Waals surface area (Å²) in [6.07, 6.45) is 1.86. The van der Waals surface area contributed by atoms with Crippen LogP contribution in [-0.2, 0) is 0 Å². The third kappa shape index (κ3) is 4.45. The van der Waals surface area contributed by atoms with Crippen LogP contribution >= 0.6 is 11.3 Å². The lowest BCUT2D eigenvalue weighted by Crippen LogP contribution is -2.15. The minimum atomic E-state index is 0.617. The van der Waals surface area contributed by atoms with Gasteiger partial charge in [-0.05, 0) is 44.0 Å². The predicted molar refractivity (Wildman–Crippen MR) is 103 cm³/mol. The van der Waals surface area contributed by atoms with E-state index in [1.54, 1.807) is 18.4 Å². The van der Waals surface area contributed by atoms with Crippen molar-refractivity contribution in [2.75, 3.05) is 13.7 Å². The fourth-order valence-corrected chi connectivity index (χ4v) is 3.03. The van der Waals surface area contributed by atoms with E-state index in [1.165, 1.54) is 0 Å². The van der Waals surface area contributed by atoms with Crippen LogP contribution < -0.4 is 9.54 Å². The molecule has 0 saturated heterocycles. The molecule has 2 rings (SSSR count). The molecule has 128 valence electrons. The van der Waals surface area contributed by atoms with Crippen molar-refractivity contribution in [2.45, 2.75) is 33.6 Å². The van der Waals surface area contributed by atoms with Gasteiger partial charge in [0, 0.05) is 16.7 Å². The zero-order chi connectivity index (χ0) is 17.5. The molecule has 0 unspecified atom stereocenters. The summed E-state index contributed by atoms with van der Waals surface area (Å²) >= 11 is 1.60. The Morgan fingerprint density at radius 1 is 1.21 bits per heavy atom. The van der Waals surface area contributed by atoms with Gasteiger partial charge in [0.05, 0.1) is 19.3 Å². The molecule has 0 aliphatic rings. The van der Waals surface area contributed by atoms with Crippen molar-refractivity contribution < 1.29 is 4.74 Å². The first-order valence-corrected chi connectivity index (χ1v) is 9.03. The van der Waals surface area contributed by atoms with Gasteiger partial charge in [0.25, 0.3) is 0 Å². The second kappa shape index (κ2) is 8.64. The number of rotatable bonds is 7. The maximum Gasteiger partial charge on any atom is 0.206 e. The second-order valence-corrected chi connectivity index (χ2v) is 6.43. The molecule has 1 heterocycles. The van der Waals surface area contributed by atoms with Gasteiger partial charge >= 0.3 is 0 Å². The van der Waals surface area contributed by atoms with E-state index >= 15 is 0 Å². The van der Waals surface area contributed by atoms with Gasteiger partial charge in [-0.3, -0.25) is 4.99 Å². The van der Waals surface area contributed by atoms with Crippen LogP contribution in [0, 0.1) is 0 Å². The molecular formula is C19H25N3OS. The van der Waals surface area contributed by atoms with Crippen molar-refractivity contribution in [3.8, 4) is 17.0 Å². The van der Waals surface area contributed by atoms with Crippen LogP contribution in [0.1, 0.15) is 33.6 Å². The van der Waals surface area contributed by atoms with Gasteiger partial charge in [-0.2, -0.15) is 5.10 Å².